The second-order valence-electron chi connectivity index (χ2n) is 18.5. The van der Waals surface area contributed by atoms with Crippen molar-refractivity contribution in [3.8, 4) is 22.5 Å². The van der Waals surface area contributed by atoms with Gasteiger partial charge in [0.25, 0.3) is 20.2 Å². The van der Waals surface area contributed by atoms with Gasteiger partial charge in [0.15, 0.2) is 0 Å². The Labute approximate surface area is 399 Å². The lowest BCUT2D eigenvalue weighted by molar-refractivity contribution is 0.177. The van der Waals surface area contributed by atoms with Crippen molar-refractivity contribution in [1.82, 2.24) is 9.80 Å². The Morgan fingerprint density at radius 2 is 1.09 bits per heavy atom. The lowest BCUT2D eigenvalue weighted by Gasteiger charge is -2.31. The van der Waals surface area contributed by atoms with Gasteiger partial charge in [0.1, 0.15) is 21.1 Å². The predicted octanol–water partition coefficient (Wildman–Crippen LogP) is 11.8. The Hall–Kier alpha value is -6.27. The molecule has 0 saturated carbocycles. The maximum absolute atomic E-state index is 13.6. The Kier molecular flexibility index (Phi) is 14.6. The summed E-state index contributed by atoms with van der Waals surface area (Å²) in [6.07, 6.45) is 0. The van der Waals surface area contributed by atoms with Crippen LogP contribution in [0.15, 0.2) is 85.9 Å². The van der Waals surface area contributed by atoms with Crippen molar-refractivity contribution in [3.05, 3.63) is 105 Å². The van der Waals surface area contributed by atoms with Gasteiger partial charge in [0.05, 0.1) is 22.4 Å². The van der Waals surface area contributed by atoms with Gasteiger partial charge < -0.3 is 30.2 Å². The van der Waals surface area contributed by atoms with Crippen molar-refractivity contribution < 1.29 is 39.9 Å². The van der Waals surface area contributed by atoms with Crippen LogP contribution in [0.25, 0.3) is 33.4 Å². The summed E-state index contributed by atoms with van der Waals surface area (Å²) >= 11 is 0. The molecule has 362 valence electrons. The van der Waals surface area contributed by atoms with Gasteiger partial charge in [-0.25, -0.2) is 14.6 Å². The van der Waals surface area contributed by atoms with Crippen molar-refractivity contribution in [1.29, 1.82) is 0 Å². The summed E-state index contributed by atoms with van der Waals surface area (Å²) in [5.41, 5.74) is 7.82. The fraction of sp³-hybridized carbons (Fsp3) is 0.353. The molecule has 1 aliphatic heterocycles. The fourth-order valence-corrected chi connectivity index (χ4v) is 10.6. The number of nitrogens with one attached hydrogen (secondary N) is 3. The smallest absolute Gasteiger partial charge is 0.322 e. The molecule has 15 nitrogen and oxygen atoms in total. The summed E-state index contributed by atoms with van der Waals surface area (Å²) in [4.78, 5) is 34.4. The fourth-order valence-electron chi connectivity index (χ4n) is 9.31. The van der Waals surface area contributed by atoms with E-state index in [1.54, 1.807) is 47.9 Å². The monoisotopic (exact) mass is 966 g/mol. The highest BCUT2D eigenvalue weighted by atomic mass is 32.2. The molecule has 5 N–H and O–H groups in total. The molecule has 0 bridgehead atoms. The van der Waals surface area contributed by atoms with Crippen LogP contribution in [0, 0.1) is 41.5 Å². The Morgan fingerprint density at radius 3 is 1.62 bits per heavy atom. The molecule has 1 heterocycles. The number of carbonyl (C=O) groups is 2. The minimum atomic E-state index is -5.02. The minimum absolute atomic E-state index is 0.0384. The van der Waals surface area contributed by atoms with Gasteiger partial charge in [0.2, 0.25) is 0 Å². The molecule has 4 aromatic rings. The number of benzene rings is 5. The van der Waals surface area contributed by atoms with Gasteiger partial charge in [-0.3, -0.25) is 9.11 Å². The molecule has 4 amide bonds. The third-order valence-electron chi connectivity index (χ3n) is 12.1. The van der Waals surface area contributed by atoms with E-state index in [4.69, 9.17) is 9.41 Å². The van der Waals surface area contributed by atoms with E-state index < -0.39 is 30.0 Å². The zero-order valence-corrected chi connectivity index (χ0v) is 42.7. The molecular formula is C51H62N6O9S2. The SMILES string of the molecule is Cc1cc(C)c(NC(=O)N(C(C)C)C(C)C)c(C)c1N=c1cc2oc3cc(Nc4c(C)cc(C)c(NC(=O)N(C(C)C)C(C)C)c4C)ccc3c(-c3ccccc3S(=O)(=O)O)c-2cc1S(=O)(=O)O. The lowest BCUT2D eigenvalue weighted by atomic mass is 9.93. The molecule has 6 rings (SSSR count). The van der Waals surface area contributed by atoms with Crippen LogP contribution in [-0.4, -0.2) is 72.0 Å². The van der Waals surface area contributed by atoms with E-state index in [2.05, 4.69) is 16.0 Å². The molecule has 68 heavy (non-hydrogen) atoms. The number of amides is 4. The number of carbonyl (C=O) groups excluding carboxylic acids is 2. The molecule has 4 aromatic carbocycles. The van der Waals surface area contributed by atoms with Gasteiger partial charge in [-0.1, -0.05) is 30.3 Å². The van der Waals surface area contributed by atoms with Crippen LogP contribution in [0.4, 0.5) is 38.0 Å². The molecule has 0 saturated heterocycles. The van der Waals surface area contributed by atoms with Crippen molar-refractivity contribution >= 4 is 71.7 Å². The Bertz CT molecular complexity index is 3230. The normalized spacial score (nSPS) is 12.5. The van der Waals surface area contributed by atoms with Crippen molar-refractivity contribution in [2.75, 3.05) is 16.0 Å². The summed E-state index contributed by atoms with van der Waals surface area (Å²) < 4.78 is 80.5. The number of hydrogen-bond donors (Lipinski definition) is 5. The second kappa shape index (κ2) is 19.4. The summed E-state index contributed by atoms with van der Waals surface area (Å²) in [5.74, 6) is 0.0638. The van der Waals surface area contributed by atoms with Crippen molar-refractivity contribution in [2.45, 2.75) is 131 Å². The topological polar surface area (TPSA) is 211 Å². The van der Waals surface area contributed by atoms with E-state index in [9.17, 15) is 35.5 Å². The van der Waals surface area contributed by atoms with Crippen LogP contribution in [0.1, 0.15) is 88.8 Å². The van der Waals surface area contributed by atoms with Gasteiger partial charge in [-0.05, 0) is 155 Å². The van der Waals surface area contributed by atoms with Crippen molar-refractivity contribution in [2.24, 2.45) is 4.99 Å². The zero-order valence-electron chi connectivity index (χ0n) is 41.1. The number of rotatable bonds is 12. The van der Waals surface area contributed by atoms with Crippen molar-refractivity contribution in [3.63, 3.8) is 0 Å². The molecule has 1 aliphatic carbocycles. The number of aryl methyl sites for hydroxylation is 4. The van der Waals surface area contributed by atoms with Gasteiger partial charge in [0, 0.05) is 69.8 Å². The predicted molar refractivity (Wildman–Crippen MR) is 270 cm³/mol. The van der Waals surface area contributed by atoms with E-state index in [1.165, 1.54) is 30.3 Å². The molecular weight excluding hydrogens is 905 g/mol. The van der Waals surface area contributed by atoms with E-state index >= 15 is 0 Å². The van der Waals surface area contributed by atoms with E-state index in [1.807, 2.05) is 95.2 Å². The quantitative estimate of drug-likeness (QED) is 0.0578. The summed E-state index contributed by atoms with van der Waals surface area (Å²) in [5, 5.41) is 9.81. The van der Waals surface area contributed by atoms with Crippen LogP contribution in [-0.2, 0) is 20.2 Å². The van der Waals surface area contributed by atoms with Crippen LogP contribution < -0.4 is 21.3 Å². The van der Waals surface area contributed by atoms with Crippen LogP contribution in [0.2, 0.25) is 0 Å². The Morgan fingerprint density at radius 1 is 0.588 bits per heavy atom. The summed E-state index contributed by atoms with van der Waals surface area (Å²) in [6, 6.07) is 16.4. The highest BCUT2D eigenvalue weighted by Gasteiger charge is 2.29. The second-order valence-corrected chi connectivity index (χ2v) is 21.3. The number of fused-ring (bicyclic) bond motifs is 2. The van der Waals surface area contributed by atoms with Gasteiger partial charge in [-0.2, -0.15) is 16.8 Å². The van der Waals surface area contributed by atoms with E-state index in [-0.39, 0.29) is 69.6 Å². The molecule has 0 spiro atoms. The molecule has 17 heteroatoms. The molecule has 2 aliphatic rings. The standard InChI is InChI=1S/C51H62N6O9S2/c1-26(2)56(27(3)4)50(58)54-48-32(11)21-30(9)46(34(48)13)52-36-19-20-37-41(23-36)66-42-25-40(44(68(63,64)65)24-39(42)45(37)38-17-15-16-18-43(38)67(60,61)62)53-47-31(10)22-33(12)49(35(47)14)55-51(59)57(28(5)6)29(7)8/h15-29,52H,1-14H3,(H,54,58)(H,55,59)(H,60,61,62)(H,63,64,65). The number of hydrogen-bond acceptors (Lipinski definition) is 9. The average molecular weight is 967 g/mol. The highest BCUT2D eigenvalue weighted by molar-refractivity contribution is 7.86. The van der Waals surface area contributed by atoms with Crippen LogP contribution in [0.5, 0.6) is 0 Å². The van der Waals surface area contributed by atoms with E-state index in [0.29, 0.717) is 39.3 Å². The maximum Gasteiger partial charge on any atom is 0.322 e. The number of urea groups is 2. The van der Waals surface area contributed by atoms with E-state index in [0.717, 1.165) is 27.9 Å². The maximum atomic E-state index is 13.6. The summed E-state index contributed by atoms with van der Waals surface area (Å²) in [6.45, 7) is 26.7. The first-order valence-corrected chi connectivity index (χ1v) is 25.3. The largest absolute Gasteiger partial charge is 0.456 e. The first kappa shape index (κ1) is 51.1. The van der Waals surface area contributed by atoms with Crippen LogP contribution >= 0.6 is 0 Å². The molecule has 0 fully saturated rings. The van der Waals surface area contributed by atoms with Crippen LogP contribution in [0.3, 0.4) is 0 Å². The first-order valence-electron chi connectivity index (χ1n) is 22.4. The molecule has 0 aromatic heterocycles. The zero-order chi connectivity index (χ0) is 50.5. The number of anilines is 4. The average Bonchev–Trinajstić information content (AvgIpc) is 3.21. The summed E-state index contributed by atoms with van der Waals surface area (Å²) in [7, 11) is -9.86. The molecule has 0 atom stereocenters. The lowest BCUT2D eigenvalue weighted by Crippen LogP contribution is -2.44. The van der Waals surface area contributed by atoms with Gasteiger partial charge >= 0.3 is 12.1 Å². The molecule has 0 radical (unpaired) electrons. The molecule has 0 unspecified atom stereocenters. The highest BCUT2D eigenvalue weighted by Crippen LogP contribution is 2.44. The number of nitrogens with zero attached hydrogens (tertiary/aromatic N) is 3. The Balaban J connectivity index is 1.62. The third-order valence-corrected chi connectivity index (χ3v) is 13.9. The third kappa shape index (κ3) is 10.3. The minimum Gasteiger partial charge on any atom is -0.456 e. The first-order chi connectivity index (χ1) is 31.6. The van der Waals surface area contributed by atoms with Gasteiger partial charge in [-0.15, -0.1) is 0 Å².